The van der Waals surface area contributed by atoms with Gasteiger partial charge in [0.1, 0.15) is 6.61 Å². The average Bonchev–Trinajstić information content (AvgIpc) is 2.62. The predicted molar refractivity (Wildman–Crippen MR) is 71.6 cm³/mol. The maximum Gasteiger partial charge on any atom is 0.216 e. The smallest absolute Gasteiger partial charge is 0.216 e. The van der Waals surface area contributed by atoms with E-state index in [4.69, 9.17) is 22.1 Å². The molecule has 0 fully saturated rings. The highest BCUT2D eigenvalue weighted by Gasteiger charge is 2.12. The molecule has 2 aromatic rings. The van der Waals surface area contributed by atoms with Crippen LogP contribution in [0.4, 0.5) is 0 Å². The van der Waals surface area contributed by atoms with Crippen molar-refractivity contribution in [1.82, 2.24) is 9.78 Å². The Hall–Kier alpha value is -1.52. The number of hydrogen-bond donors (Lipinski definition) is 1. The summed E-state index contributed by atoms with van der Waals surface area (Å²) in [6.45, 7) is 2.83. The molecule has 96 valence electrons. The maximum absolute atomic E-state index is 5.83. The highest BCUT2D eigenvalue weighted by molar-refractivity contribution is 6.30. The Balaban J connectivity index is 2.12. The van der Waals surface area contributed by atoms with E-state index in [0.717, 1.165) is 27.7 Å². The van der Waals surface area contributed by atoms with Crippen molar-refractivity contribution in [1.29, 1.82) is 0 Å². The molecule has 0 saturated carbocycles. The quantitative estimate of drug-likeness (QED) is 0.924. The average molecular weight is 266 g/mol. The van der Waals surface area contributed by atoms with E-state index in [-0.39, 0.29) is 0 Å². The monoisotopic (exact) mass is 265 g/mol. The highest BCUT2D eigenvalue weighted by atomic mass is 35.5. The van der Waals surface area contributed by atoms with Crippen LogP contribution in [0.3, 0.4) is 0 Å². The van der Waals surface area contributed by atoms with Crippen LogP contribution in [-0.4, -0.2) is 9.78 Å². The Morgan fingerprint density at radius 1 is 1.33 bits per heavy atom. The summed E-state index contributed by atoms with van der Waals surface area (Å²) in [5.74, 6) is 0.727. The van der Waals surface area contributed by atoms with E-state index in [1.54, 1.807) is 4.68 Å². The van der Waals surface area contributed by atoms with Gasteiger partial charge in [0.25, 0.3) is 0 Å². The van der Waals surface area contributed by atoms with Crippen molar-refractivity contribution in [3.63, 3.8) is 0 Å². The van der Waals surface area contributed by atoms with Gasteiger partial charge in [0.15, 0.2) is 0 Å². The van der Waals surface area contributed by atoms with Crippen molar-refractivity contribution < 1.29 is 4.74 Å². The number of ether oxygens (including phenoxy) is 1. The first-order chi connectivity index (χ1) is 8.61. The zero-order valence-electron chi connectivity index (χ0n) is 10.5. The van der Waals surface area contributed by atoms with Crippen LogP contribution in [0.5, 0.6) is 5.88 Å². The summed E-state index contributed by atoms with van der Waals surface area (Å²) in [4.78, 5) is 0. The molecule has 4 nitrogen and oxygen atoms in total. The lowest BCUT2D eigenvalue weighted by atomic mass is 10.2. The molecule has 1 aromatic carbocycles. The van der Waals surface area contributed by atoms with Gasteiger partial charge in [-0.3, -0.25) is 0 Å². The van der Waals surface area contributed by atoms with Crippen LogP contribution in [-0.2, 0) is 20.2 Å². The van der Waals surface area contributed by atoms with Crippen LogP contribution in [0.25, 0.3) is 0 Å². The number of aromatic nitrogens is 2. The van der Waals surface area contributed by atoms with Gasteiger partial charge in [0, 0.05) is 18.6 Å². The first-order valence-electron chi connectivity index (χ1n) is 5.71. The second-order valence-corrected chi connectivity index (χ2v) is 4.55. The zero-order valence-corrected chi connectivity index (χ0v) is 11.2. The lowest BCUT2D eigenvalue weighted by Crippen LogP contribution is -2.05. The minimum atomic E-state index is 0.426. The van der Waals surface area contributed by atoms with E-state index in [0.29, 0.717) is 13.2 Å². The Bertz CT molecular complexity index is 534. The van der Waals surface area contributed by atoms with Crippen molar-refractivity contribution in [3.05, 3.63) is 46.1 Å². The number of halogens is 1. The van der Waals surface area contributed by atoms with Crippen LogP contribution < -0.4 is 10.5 Å². The van der Waals surface area contributed by atoms with Crippen molar-refractivity contribution in [2.24, 2.45) is 12.8 Å². The summed E-state index contributed by atoms with van der Waals surface area (Å²) in [6, 6.07) is 7.57. The van der Waals surface area contributed by atoms with E-state index < -0.39 is 0 Å². The standard InChI is InChI=1S/C13H16ClN3O/c1-9-12(7-15)13(17(2)16-9)18-8-10-3-5-11(14)6-4-10/h3-6H,7-8,15H2,1-2H3. The van der Waals surface area contributed by atoms with Crippen molar-refractivity contribution in [3.8, 4) is 5.88 Å². The van der Waals surface area contributed by atoms with Crippen LogP contribution in [0, 0.1) is 6.92 Å². The van der Waals surface area contributed by atoms with Gasteiger partial charge < -0.3 is 10.5 Å². The third-order valence-corrected chi connectivity index (χ3v) is 3.03. The molecule has 2 rings (SSSR count). The van der Waals surface area contributed by atoms with Crippen LogP contribution in [0.15, 0.2) is 24.3 Å². The predicted octanol–water partition coefficient (Wildman–Crippen LogP) is 2.42. The Morgan fingerprint density at radius 3 is 2.61 bits per heavy atom. The van der Waals surface area contributed by atoms with E-state index >= 15 is 0 Å². The molecule has 0 spiro atoms. The SMILES string of the molecule is Cc1nn(C)c(OCc2ccc(Cl)cc2)c1CN. The molecule has 1 heterocycles. The molecule has 5 heteroatoms. The van der Waals surface area contributed by atoms with E-state index in [9.17, 15) is 0 Å². The van der Waals surface area contributed by atoms with Gasteiger partial charge >= 0.3 is 0 Å². The van der Waals surface area contributed by atoms with Gasteiger partial charge in [-0.2, -0.15) is 5.10 Å². The number of hydrogen-bond acceptors (Lipinski definition) is 3. The fourth-order valence-corrected chi connectivity index (χ4v) is 1.95. The van der Waals surface area contributed by atoms with Gasteiger partial charge in [0.05, 0.1) is 11.3 Å². The second-order valence-electron chi connectivity index (χ2n) is 4.11. The summed E-state index contributed by atoms with van der Waals surface area (Å²) in [7, 11) is 1.85. The van der Waals surface area contributed by atoms with E-state index in [1.807, 2.05) is 38.2 Å². The zero-order chi connectivity index (χ0) is 13.1. The van der Waals surface area contributed by atoms with Crippen molar-refractivity contribution >= 4 is 11.6 Å². The molecule has 0 radical (unpaired) electrons. The first-order valence-corrected chi connectivity index (χ1v) is 6.09. The van der Waals surface area contributed by atoms with Gasteiger partial charge in [0.2, 0.25) is 5.88 Å². The Labute approximate surface area is 111 Å². The maximum atomic E-state index is 5.83. The van der Waals surface area contributed by atoms with Crippen molar-refractivity contribution in [2.45, 2.75) is 20.1 Å². The molecule has 0 aliphatic heterocycles. The lowest BCUT2D eigenvalue weighted by molar-refractivity contribution is 0.276. The largest absolute Gasteiger partial charge is 0.473 e. The van der Waals surface area contributed by atoms with Gasteiger partial charge in [-0.15, -0.1) is 0 Å². The van der Waals surface area contributed by atoms with Gasteiger partial charge in [-0.05, 0) is 24.6 Å². The topological polar surface area (TPSA) is 53.1 Å². The normalized spacial score (nSPS) is 10.7. The summed E-state index contributed by atoms with van der Waals surface area (Å²) < 4.78 is 7.50. The fourth-order valence-electron chi connectivity index (χ4n) is 1.83. The number of nitrogens with two attached hydrogens (primary N) is 1. The summed E-state index contributed by atoms with van der Waals surface area (Å²) in [6.07, 6.45) is 0. The molecular weight excluding hydrogens is 250 g/mol. The third-order valence-electron chi connectivity index (χ3n) is 2.78. The Kier molecular flexibility index (Phi) is 3.89. The van der Waals surface area contributed by atoms with Gasteiger partial charge in [-0.1, -0.05) is 23.7 Å². The third kappa shape index (κ3) is 2.66. The molecular formula is C13H16ClN3O. The summed E-state index contributed by atoms with van der Waals surface area (Å²) in [5, 5.41) is 5.02. The minimum absolute atomic E-state index is 0.426. The number of benzene rings is 1. The number of aryl methyl sites for hydroxylation is 2. The molecule has 0 saturated heterocycles. The summed E-state index contributed by atoms with van der Waals surface area (Å²) >= 11 is 5.83. The molecule has 0 bridgehead atoms. The minimum Gasteiger partial charge on any atom is -0.473 e. The van der Waals surface area contributed by atoms with Crippen LogP contribution >= 0.6 is 11.6 Å². The van der Waals surface area contributed by atoms with Crippen molar-refractivity contribution in [2.75, 3.05) is 0 Å². The lowest BCUT2D eigenvalue weighted by Gasteiger charge is -2.08. The van der Waals surface area contributed by atoms with Crippen LogP contribution in [0.2, 0.25) is 5.02 Å². The fraction of sp³-hybridized carbons (Fsp3) is 0.308. The second kappa shape index (κ2) is 5.42. The van der Waals surface area contributed by atoms with Gasteiger partial charge in [-0.25, -0.2) is 4.68 Å². The highest BCUT2D eigenvalue weighted by Crippen LogP contribution is 2.22. The molecule has 0 aliphatic rings. The molecule has 2 N–H and O–H groups in total. The van der Waals surface area contributed by atoms with E-state index in [2.05, 4.69) is 5.10 Å². The number of rotatable bonds is 4. The molecule has 18 heavy (non-hydrogen) atoms. The molecule has 1 aromatic heterocycles. The summed E-state index contributed by atoms with van der Waals surface area (Å²) in [5.41, 5.74) is 8.62. The molecule has 0 atom stereocenters. The molecule has 0 unspecified atom stereocenters. The molecule has 0 aliphatic carbocycles. The Morgan fingerprint density at radius 2 is 2.00 bits per heavy atom. The number of nitrogens with zero attached hydrogens (tertiary/aromatic N) is 2. The van der Waals surface area contributed by atoms with E-state index in [1.165, 1.54) is 0 Å². The molecule has 0 amide bonds. The first kappa shape index (κ1) is 12.9. The van der Waals surface area contributed by atoms with Crippen LogP contribution in [0.1, 0.15) is 16.8 Å².